The van der Waals surface area contributed by atoms with Gasteiger partial charge in [0.05, 0.1) is 0 Å². The lowest BCUT2D eigenvalue weighted by molar-refractivity contribution is 0.192. The van der Waals surface area contributed by atoms with Crippen molar-refractivity contribution in [3.05, 3.63) is 0 Å². The van der Waals surface area contributed by atoms with Gasteiger partial charge < -0.3 is 5.73 Å². The van der Waals surface area contributed by atoms with Gasteiger partial charge in [-0.25, -0.2) is 0 Å². The summed E-state index contributed by atoms with van der Waals surface area (Å²) in [5, 5.41) is 0. The molecular formula is C14H27N. The Morgan fingerprint density at radius 1 is 1.13 bits per heavy atom. The molecule has 1 nitrogen and oxygen atoms in total. The van der Waals surface area contributed by atoms with Crippen molar-refractivity contribution in [2.75, 3.05) is 0 Å². The van der Waals surface area contributed by atoms with Gasteiger partial charge in [0.1, 0.15) is 0 Å². The molecule has 2 aliphatic rings. The maximum atomic E-state index is 6.50. The zero-order chi connectivity index (χ0) is 10.7. The third-order valence-corrected chi connectivity index (χ3v) is 5.15. The molecule has 1 heteroatoms. The molecule has 2 rings (SSSR count). The van der Waals surface area contributed by atoms with Crippen LogP contribution in [0.2, 0.25) is 0 Å². The Labute approximate surface area is 94.8 Å². The Kier molecular flexibility index (Phi) is 3.71. The molecule has 0 heterocycles. The molecule has 0 radical (unpaired) electrons. The van der Waals surface area contributed by atoms with Gasteiger partial charge in [0, 0.05) is 6.04 Å². The van der Waals surface area contributed by atoms with Gasteiger partial charge in [0.15, 0.2) is 0 Å². The molecule has 0 aromatic rings. The number of rotatable bonds is 4. The maximum absolute atomic E-state index is 6.50. The molecule has 0 spiro atoms. The Balaban J connectivity index is 1.89. The van der Waals surface area contributed by atoms with Gasteiger partial charge in [-0.3, -0.25) is 0 Å². The molecule has 0 amide bonds. The van der Waals surface area contributed by atoms with E-state index in [1.54, 1.807) is 0 Å². The Morgan fingerprint density at radius 3 is 2.27 bits per heavy atom. The molecule has 0 saturated heterocycles. The van der Waals surface area contributed by atoms with Crippen LogP contribution in [0.25, 0.3) is 0 Å². The van der Waals surface area contributed by atoms with E-state index in [0.29, 0.717) is 11.5 Å². The van der Waals surface area contributed by atoms with E-state index in [4.69, 9.17) is 5.73 Å². The monoisotopic (exact) mass is 209 g/mol. The van der Waals surface area contributed by atoms with E-state index in [2.05, 4.69) is 6.92 Å². The van der Waals surface area contributed by atoms with Gasteiger partial charge in [0.25, 0.3) is 0 Å². The maximum Gasteiger partial charge on any atom is 0.00980 e. The van der Waals surface area contributed by atoms with Crippen molar-refractivity contribution in [3.8, 4) is 0 Å². The Morgan fingerprint density at radius 2 is 1.73 bits per heavy atom. The summed E-state index contributed by atoms with van der Waals surface area (Å²) in [5.41, 5.74) is 7.03. The Bertz CT molecular complexity index is 188. The summed E-state index contributed by atoms with van der Waals surface area (Å²) in [5.74, 6) is 0.962. The minimum atomic E-state index is 0.494. The highest BCUT2D eigenvalue weighted by Crippen LogP contribution is 2.45. The highest BCUT2D eigenvalue weighted by Gasteiger charge is 2.38. The molecule has 2 N–H and O–H groups in total. The van der Waals surface area contributed by atoms with Gasteiger partial charge in [-0.2, -0.15) is 0 Å². The van der Waals surface area contributed by atoms with Crippen molar-refractivity contribution in [3.63, 3.8) is 0 Å². The molecule has 1 unspecified atom stereocenters. The fourth-order valence-electron chi connectivity index (χ4n) is 3.92. The largest absolute Gasteiger partial charge is 0.327 e. The zero-order valence-electron chi connectivity index (χ0n) is 10.3. The molecule has 2 fully saturated rings. The topological polar surface area (TPSA) is 26.0 Å². The summed E-state index contributed by atoms with van der Waals surface area (Å²) < 4.78 is 0. The third kappa shape index (κ3) is 2.38. The van der Waals surface area contributed by atoms with Crippen LogP contribution in [0, 0.1) is 11.3 Å². The lowest BCUT2D eigenvalue weighted by Gasteiger charge is -2.35. The van der Waals surface area contributed by atoms with E-state index in [-0.39, 0.29) is 0 Å². The molecule has 2 saturated carbocycles. The Hall–Kier alpha value is -0.0400. The van der Waals surface area contributed by atoms with E-state index >= 15 is 0 Å². The summed E-state index contributed by atoms with van der Waals surface area (Å²) in [7, 11) is 0. The van der Waals surface area contributed by atoms with E-state index in [9.17, 15) is 0 Å². The first-order valence-electron chi connectivity index (χ1n) is 7.02. The van der Waals surface area contributed by atoms with Crippen LogP contribution in [0.3, 0.4) is 0 Å². The molecule has 0 aromatic carbocycles. The quantitative estimate of drug-likeness (QED) is 0.747. The van der Waals surface area contributed by atoms with Crippen LogP contribution in [0.1, 0.15) is 71.1 Å². The van der Waals surface area contributed by atoms with Crippen LogP contribution in [-0.2, 0) is 0 Å². The van der Waals surface area contributed by atoms with Gasteiger partial charge in [-0.1, -0.05) is 45.4 Å². The summed E-state index contributed by atoms with van der Waals surface area (Å²) in [6, 6.07) is 0.494. The highest BCUT2D eigenvalue weighted by atomic mass is 14.7. The van der Waals surface area contributed by atoms with Crippen molar-refractivity contribution >= 4 is 0 Å². The van der Waals surface area contributed by atoms with E-state index in [1.807, 2.05) is 0 Å². The highest BCUT2D eigenvalue weighted by molar-refractivity contribution is 4.93. The molecule has 2 aliphatic carbocycles. The normalized spacial score (nSPS) is 28.4. The van der Waals surface area contributed by atoms with Crippen molar-refractivity contribution in [2.45, 2.75) is 77.2 Å². The van der Waals surface area contributed by atoms with Crippen LogP contribution in [-0.4, -0.2) is 6.04 Å². The zero-order valence-corrected chi connectivity index (χ0v) is 10.3. The summed E-state index contributed by atoms with van der Waals surface area (Å²) in [6.07, 6.45) is 14.1. The van der Waals surface area contributed by atoms with Crippen LogP contribution in [0.4, 0.5) is 0 Å². The minimum absolute atomic E-state index is 0.494. The van der Waals surface area contributed by atoms with E-state index < -0.39 is 0 Å². The van der Waals surface area contributed by atoms with Crippen molar-refractivity contribution in [1.29, 1.82) is 0 Å². The average molecular weight is 209 g/mol. The second-order valence-corrected chi connectivity index (χ2v) is 5.92. The van der Waals surface area contributed by atoms with Crippen molar-refractivity contribution in [2.24, 2.45) is 17.1 Å². The van der Waals surface area contributed by atoms with Crippen LogP contribution in [0.15, 0.2) is 0 Å². The van der Waals surface area contributed by atoms with Gasteiger partial charge >= 0.3 is 0 Å². The first-order valence-corrected chi connectivity index (χ1v) is 7.02. The summed E-state index contributed by atoms with van der Waals surface area (Å²) >= 11 is 0. The lowest BCUT2D eigenvalue weighted by atomic mass is 9.73. The van der Waals surface area contributed by atoms with Crippen molar-refractivity contribution < 1.29 is 0 Å². The van der Waals surface area contributed by atoms with Gasteiger partial charge in [-0.15, -0.1) is 0 Å². The van der Waals surface area contributed by atoms with Crippen molar-refractivity contribution in [1.82, 2.24) is 0 Å². The predicted molar refractivity (Wildman–Crippen MR) is 65.7 cm³/mol. The first-order chi connectivity index (χ1) is 7.27. The predicted octanol–water partition coefficient (Wildman–Crippen LogP) is 3.86. The molecule has 15 heavy (non-hydrogen) atoms. The summed E-state index contributed by atoms with van der Waals surface area (Å²) in [6.45, 7) is 2.35. The number of hydrogen-bond acceptors (Lipinski definition) is 1. The minimum Gasteiger partial charge on any atom is -0.327 e. The van der Waals surface area contributed by atoms with Gasteiger partial charge in [-0.05, 0) is 37.0 Å². The second-order valence-electron chi connectivity index (χ2n) is 5.92. The van der Waals surface area contributed by atoms with E-state index in [0.717, 1.165) is 5.92 Å². The number of nitrogens with two attached hydrogens (primary N) is 1. The van der Waals surface area contributed by atoms with Crippen LogP contribution in [0.5, 0.6) is 0 Å². The van der Waals surface area contributed by atoms with Crippen LogP contribution < -0.4 is 5.73 Å². The summed E-state index contributed by atoms with van der Waals surface area (Å²) in [4.78, 5) is 0. The smallest absolute Gasteiger partial charge is 0.00980 e. The average Bonchev–Trinajstić information content (AvgIpc) is 2.87. The SMILES string of the molecule is CCC1(C(N)CC2CCCC2)CCCC1. The molecular weight excluding hydrogens is 182 g/mol. The molecule has 0 bridgehead atoms. The second kappa shape index (κ2) is 4.86. The molecule has 1 atom stereocenters. The molecule has 88 valence electrons. The first kappa shape index (κ1) is 11.4. The fourth-order valence-corrected chi connectivity index (χ4v) is 3.92. The fraction of sp³-hybridized carbons (Fsp3) is 1.00. The number of hydrogen-bond donors (Lipinski definition) is 1. The third-order valence-electron chi connectivity index (χ3n) is 5.15. The molecule has 0 aromatic heterocycles. The lowest BCUT2D eigenvalue weighted by Crippen LogP contribution is -2.40. The van der Waals surface area contributed by atoms with Crippen LogP contribution >= 0.6 is 0 Å². The van der Waals surface area contributed by atoms with E-state index in [1.165, 1.54) is 64.2 Å². The standard InChI is InChI=1S/C14H27N/c1-2-14(9-5-6-10-14)13(15)11-12-7-3-4-8-12/h12-13H,2-11,15H2,1H3. The molecule has 0 aliphatic heterocycles. The van der Waals surface area contributed by atoms with Gasteiger partial charge in [0.2, 0.25) is 0 Å².